The van der Waals surface area contributed by atoms with Crippen molar-refractivity contribution in [3.63, 3.8) is 0 Å². The number of fused-ring (bicyclic) bond motifs is 1. The summed E-state index contributed by atoms with van der Waals surface area (Å²) in [6.45, 7) is 0. The van der Waals surface area contributed by atoms with E-state index in [-0.39, 0.29) is 5.91 Å². The van der Waals surface area contributed by atoms with Gasteiger partial charge >= 0.3 is 5.97 Å². The molecule has 7 heteroatoms. The molecule has 0 saturated heterocycles. The number of aromatic amines is 1. The number of hydrogen-bond acceptors (Lipinski definition) is 5. The molecule has 7 nitrogen and oxygen atoms in total. The summed E-state index contributed by atoms with van der Waals surface area (Å²) in [6, 6.07) is 6.72. The van der Waals surface area contributed by atoms with Crippen molar-refractivity contribution in [2.24, 2.45) is 5.10 Å². The van der Waals surface area contributed by atoms with Crippen LogP contribution in [-0.2, 0) is 17.6 Å². The fourth-order valence-electron chi connectivity index (χ4n) is 2.71. The van der Waals surface area contributed by atoms with Crippen molar-refractivity contribution < 1.29 is 14.3 Å². The van der Waals surface area contributed by atoms with Gasteiger partial charge < -0.3 is 4.74 Å². The van der Waals surface area contributed by atoms with Crippen LogP contribution in [-0.4, -0.2) is 35.4 Å². The lowest BCUT2D eigenvalue weighted by Gasteiger charge is -2.10. The van der Waals surface area contributed by atoms with Gasteiger partial charge in [0, 0.05) is 11.3 Å². The Morgan fingerprint density at radius 1 is 1.25 bits per heavy atom. The quantitative estimate of drug-likeness (QED) is 0.509. The fourth-order valence-corrected chi connectivity index (χ4v) is 2.71. The Bertz CT molecular complexity index is 778. The van der Waals surface area contributed by atoms with Gasteiger partial charge in [0.25, 0.3) is 5.91 Å². The van der Waals surface area contributed by atoms with E-state index >= 15 is 0 Å². The number of nitrogens with one attached hydrogen (secondary N) is 2. The van der Waals surface area contributed by atoms with Gasteiger partial charge in [0.1, 0.15) is 0 Å². The average molecular weight is 326 g/mol. The second-order valence-electron chi connectivity index (χ2n) is 5.55. The summed E-state index contributed by atoms with van der Waals surface area (Å²) in [5.41, 5.74) is 6.17. The molecule has 3 rings (SSSR count). The van der Waals surface area contributed by atoms with Gasteiger partial charge in [-0.05, 0) is 43.4 Å². The van der Waals surface area contributed by atoms with Crippen molar-refractivity contribution in [1.82, 2.24) is 15.6 Å². The maximum atomic E-state index is 12.2. The highest BCUT2D eigenvalue weighted by atomic mass is 16.5. The van der Waals surface area contributed by atoms with Gasteiger partial charge in [0.15, 0.2) is 5.69 Å². The summed E-state index contributed by atoms with van der Waals surface area (Å²) in [5, 5.41) is 11.0. The number of methoxy groups -OCH3 is 1. The molecular weight excluding hydrogens is 308 g/mol. The first kappa shape index (κ1) is 15.9. The molecule has 0 atom stereocenters. The average Bonchev–Trinajstić information content (AvgIpc) is 3.06. The highest BCUT2D eigenvalue weighted by molar-refractivity contribution is 5.95. The number of H-pyrrole nitrogens is 1. The Labute approximate surface area is 139 Å². The topological polar surface area (TPSA) is 96.4 Å². The number of carbonyl (C=O) groups is 2. The highest BCUT2D eigenvalue weighted by Crippen LogP contribution is 2.21. The van der Waals surface area contributed by atoms with Crippen LogP contribution in [0.15, 0.2) is 29.4 Å². The van der Waals surface area contributed by atoms with Gasteiger partial charge in [0.2, 0.25) is 0 Å². The zero-order valence-electron chi connectivity index (χ0n) is 13.3. The fraction of sp³-hybridized carbons (Fsp3) is 0.294. The molecule has 0 radical (unpaired) electrons. The number of benzene rings is 1. The van der Waals surface area contributed by atoms with Crippen molar-refractivity contribution in [3.8, 4) is 0 Å². The standard InChI is InChI=1S/C17H18N4O3/c1-24-17(23)12-8-6-11(7-9-12)10-18-21-16(22)15-13-4-2-3-5-14(13)19-20-15/h6-10H,2-5H2,1H3,(H,19,20)(H,21,22). The van der Waals surface area contributed by atoms with E-state index in [2.05, 4.69) is 25.5 Å². The van der Waals surface area contributed by atoms with Crippen LogP contribution in [0.1, 0.15) is 50.5 Å². The lowest BCUT2D eigenvalue weighted by Crippen LogP contribution is -2.20. The number of carbonyl (C=O) groups excluding carboxylic acids is 2. The summed E-state index contributed by atoms with van der Waals surface area (Å²) in [5.74, 6) is -0.716. The number of hydrazone groups is 1. The molecule has 24 heavy (non-hydrogen) atoms. The van der Waals surface area contributed by atoms with Gasteiger partial charge in [-0.15, -0.1) is 0 Å². The molecule has 0 saturated carbocycles. The zero-order valence-corrected chi connectivity index (χ0v) is 13.3. The summed E-state index contributed by atoms with van der Waals surface area (Å²) in [6.07, 6.45) is 5.51. The lowest BCUT2D eigenvalue weighted by molar-refractivity contribution is 0.0600. The van der Waals surface area contributed by atoms with Crippen LogP contribution in [0.2, 0.25) is 0 Å². The van der Waals surface area contributed by atoms with Crippen LogP contribution in [0.25, 0.3) is 0 Å². The predicted octanol–water partition coefficient (Wildman–Crippen LogP) is 1.84. The first-order valence-corrected chi connectivity index (χ1v) is 7.77. The number of rotatable bonds is 4. The molecule has 0 unspecified atom stereocenters. The molecular formula is C17H18N4O3. The van der Waals surface area contributed by atoms with E-state index in [1.165, 1.54) is 13.3 Å². The molecule has 1 aromatic heterocycles. The minimum Gasteiger partial charge on any atom is -0.465 e. The third-order valence-corrected chi connectivity index (χ3v) is 3.98. The van der Waals surface area contributed by atoms with Crippen LogP contribution in [0.3, 0.4) is 0 Å². The molecule has 1 aliphatic carbocycles. The van der Waals surface area contributed by atoms with Crippen LogP contribution in [0.4, 0.5) is 0 Å². The Hall–Kier alpha value is -2.96. The maximum Gasteiger partial charge on any atom is 0.337 e. The monoisotopic (exact) mass is 326 g/mol. The third-order valence-electron chi connectivity index (χ3n) is 3.98. The molecule has 1 aromatic carbocycles. The molecule has 2 N–H and O–H groups in total. The second kappa shape index (κ2) is 7.08. The normalized spacial score (nSPS) is 13.5. The number of hydrogen-bond donors (Lipinski definition) is 2. The summed E-state index contributed by atoms with van der Waals surface area (Å²) in [7, 11) is 1.33. The molecule has 1 aliphatic rings. The van der Waals surface area contributed by atoms with Gasteiger partial charge in [-0.1, -0.05) is 12.1 Å². The van der Waals surface area contributed by atoms with Gasteiger partial charge in [-0.25, -0.2) is 10.2 Å². The van der Waals surface area contributed by atoms with Gasteiger partial charge in [-0.3, -0.25) is 9.89 Å². The summed E-state index contributed by atoms with van der Waals surface area (Å²) in [4.78, 5) is 23.5. The van der Waals surface area contributed by atoms with E-state index in [0.29, 0.717) is 11.3 Å². The van der Waals surface area contributed by atoms with Gasteiger partial charge in [0.05, 0.1) is 18.9 Å². The number of esters is 1. The zero-order chi connectivity index (χ0) is 16.9. The third kappa shape index (κ3) is 3.34. The van der Waals surface area contributed by atoms with E-state index in [1.807, 2.05) is 0 Å². The smallest absolute Gasteiger partial charge is 0.337 e. The number of nitrogens with zero attached hydrogens (tertiary/aromatic N) is 2. The van der Waals surface area contributed by atoms with E-state index in [0.717, 1.165) is 42.5 Å². The number of aromatic nitrogens is 2. The largest absolute Gasteiger partial charge is 0.465 e. The van der Waals surface area contributed by atoms with Crippen molar-refractivity contribution in [1.29, 1.82) is 0 Å². The first-order valence-electron chi connectivity index (χ1n) is 7.77. The molecule has 0 fully saturated rings. The Morgan fingerprint density at radius 3 is 2.75 bits per heavy atom. The Balaban J connectivity index is 1.63. The lowest BCUT2D eigenvalue weighted by atomic mass is 9.96. The van der Waals surface area contributed by atoms with Crippen LogP contribution in [0.5, 0.6) is 0 Å². The second-order valence-corrected chi connectivity index (χ2v) is 5.55. The minimum atomic E-state index is -0.393. The predicted molar refractivity (Wildman–Crippen MR) is 88.1 cm³/mol. The minimum absolute atomic E-state index is 0.322. The van der Waals surface area contributed by atoms with Crippen LogP contribution < -0.4 is 5.43 Å². The van der Waals surface area contributed by atoms with Crippen LogP contribution in [0, 0.1) is 0 Å². The number of ether oxygens (including phenoxy) is 1. The van der Waals surface area contributed by atoms with Crippen molar-refractivity contribution in [2.75, 3.05) is 7.11 Å². The maximum absolute atomic E-state index is 12.2. The Morgan fingerprint density at radius 2 is 2.00 bits per heavy atom. The Kier molecular flexibility index (Phi) is 4.69. The van der Waals surface area contributed by atoms with E-state index in [1.54, 1.807) is 24.3 Å². The molecule has 1 amide bonds. The molecule has 0 spiro atoms. The molecule has 2 aromatic rings. The number of aryl methyl sites for hydroxylation is 1. The molecule has 0 aliphatic heterocycles. The van der Waals surface area contributed by atoms with E-state index in [9.17, 15) is 9.59 Å². The van der Waals surface area contributed by atoms with Gasteiger partial charge in [-0.2, -0.15) is 10.2 Å². The SMILES string of the molecule is COC(=O)c1ccc(C=NNC(=O)c2n[nH]c3c2CCCC3)cc1. The molecule has 0 bridgehead atoms. The first-order chi connectivity index (χ1) is 11.7. The molecule has 1 heterocycles. The van der Waals surface area contributed by atoms with E-state index < -0.39 is 5.97 Å². The van der Waals surface area contributed by atoms with Crippen molar-refractivity contribution in [2.45, 2.75) is 25.7 Å². The van der Waals surface area contributed by atoms with E-state index in [4.69, 9.17) is 0 Å². The van der Waals surface area contributed by atoms with Crippen molar-refractivity contribution in [3.05, 3.63) is 52.3 Å². The number of amides is 1. The van der Waals surface area contributed by atoms with Crippen molar-refractivity contribution >= 4 is 18.1 Å². The van der Waals surface area contributed by atoms with Crippen LogP contribution >= 0.6 is 0 Å². The summed E-state index contributed by atoms with van der Waals surface area (Å²) < 4.78 is 4.64. The molecule has 124 valence electrons. The highest BCUT2D eigenvalue weighted by Gasteiger charge is 2.21. The summed E-state index contributed by atoms with van der Waals surface area (Å²) >= 11 is 0.